The Morgan fingerprint density at radius 2 is 1.90 bits per heavy atom. The molecular formula is C22H18Cl2FN5O. The molecule has 9 heteroatoms. The first-order valence-electron chi connectivity index (χ1n) is 9.43. The first kappa shape index (κ1) is 21.1. The predicted molar refractivity (Wildman–Crippen MR) is 119 cm³/mol. The Morgan fingerprint density at radius 3 is 2.61 bits per heavy atom. The van der Waals surface area contributed by atoms with Gasteiger partial charge in [0.05, 0.1) is 29.3 Å². The highest BCUT2D eigenvalue weighted by atomic mass is 35.5. The van der Waals surface area contributed by atoms with Crippen molar-refractivity contribution in [1.82, 2.24) is 20.0 Å². The van der Waals surface area contributed by atoms with E-state index in [-0.39, 0.29) is 12.5 Å². The summed E-state index contributed by atoms with van der Waals surface area (Å²) >= 11 is 12.1. The van der Waals surface area contributed by atoms with Gasteiger partial charge in [0.1, 0.15) is 11.5 Å². The summed E-state index contributed by atoms with van der Waals surface area (Å²) in [4.78, 5) is 12.8. The molecule has 4 rings (SSSR count). The van der Waals surface area contributed by atoms with E-state index in [0.717, 1.165) is 5.56 Å². The molecule has 31 heavy (non-hydrogen) atoms. The summed E-state index contributed by atoms with van der Waals surface area (Å²) in [5.74, 6) is -0.764. The standard InChI is InChI=1S/C22H18Cl2FN5O/c1-12-21(13(2)30(29-12)11-16-17(24)4-3-5-18(16)25)26-22(31)20-10-19(27-28-20)14-6-8-15(23)9-7-14/h3-10H,11H2,1-2H3,(H,26,31)(H,27,28). The van der Waals surface area contributed by atoms with Gasteiger partial charge in [0.2, 0.25) is 0 Å². The van der Waals surface area contributed by atoms with Crippen LogP contribution in [0.4, 0.5) is 10.1 Å². The maximum atomic E-state index is 14.2. The first-order chi connectivity index (χ1) is 14.8. The number of amides is 1. The quantitative estimate of drug-likeness (QED) is 0.407. The number of nitrogens with one attached hydrogen (secondary N) is 2. The third kappa shape index (κ3) is 4.33. The van der Waals surface area contributed by atoms with Crippen LogP contribution in [-0.4, -0.2) is 25.9 Å². The molecule has 0 aliphatic carbocycles. The van der Waals surface area contributed by atoms with Crippen molar-refractivity contribution in [3.8, 4) is 11.3 Å². The van der Waals surface area contributed by atoms with E-state index in [0.29, 0.717) is 44.1 Å². The second-order valence-corrected chi connectivity index (χ2v) is 7.88. The molecule has 4 aromatic rings. The highest BCUT2D eigenvalue weighted by Gasteiger charge is 2.19. The first-order valence-corrected chi connectivity index (χ1v) is 10.2. The lowest BCUT2D eigenvalue weighted by molar-refractivity contribution is 0.102. The van der Waals surface area contributed by atoms with E-state index in [2.05, 4.69) is 20.6 Å². The van der Waals surface area contributed by atoms with Crippen LogP contribution in [0.5, 0.6) is 0 Å². The van der Waals surface area contributed by atoms with Gasteiger partial charge in [-0.3, -0.25) is 14.6 Å². The molecule has 0 atom stereocenters. The Hall–Kier alpha value is -3.16. The van der Waals surface area contributed by atoms with Crippen LogP contribution in [0, 0.1) is 19.7 Å². The Balaban J connectivity index is 1.55. The van der Waals surface area contributed by atoms with Crippen LogP contribution in [-0.2, 0) is 6.54 Å². The number of H-pyrrole nitrogens is 1. The average molecular weight is 458 g/mol. The van der Waals surface area contributed by atoms with Gasteiger partial charge < -0.3 is 5.32 Å². The number of carbonyl (C=O) groups excluding carboxylic acids is 1. The zero-order chi connectivity index (χ0) is 22.1. The molecule has 0 saturated carbocycles. The van der Waals surface area contributed by atoms with E-state index in [1.807, 2.05) is 12.1 Å². The Morgan fingerprint density at radius 1 is 1.16 bits per heavy atom. The fourth-order valence-corrected chi connectivity index (χ4v) is 3.60. The van der Waals surface area contributed by atoms with Gasteiger partial charge in [-0.15, -0.1) is 0 Å². The second kappa shape index (κ2) is 8.53. The SMILES string of the molecule is Cc1nn(Cc2c(F)cccc2Cl)c(C)c1NC(=O)c1cc(-c2ccc(Cl)cc2)n[nH]1. The molecule has 0 aliphatic heterocycles. The maximum absolute atomic E-state index is 14.2. The third-order valence-electron chi connectivity index (χ3n) is 4.95. The van der Waals surface area contributed by atoms with Crippen LogP contribution < -0.4 is 5.32 Å². The fourth-order valence-electron chi connectivity index (χ4n) is 3.25. The molecule has 6 nitrogen and oxygen atoms in total. The van der Waals surface area contributed by atoms with Crippen molar-refractivity contribution in [2.24, 2.45) is 0 Å². The minimum atomic E-state index is -0.405. The Kier molecular flexibility index (Phi) is 5.80. The van der Waals surface area contributed by atoms with Crippen LogP contribution in [0.1, 0.15) is 27.4 Å². The lowest BCUT2D eigenvalue weighted by Crippen LogP contribution is -2.14. The van der Waals surface area contributed by atoms with Gasteiger partial charge in [0, 0.05) is 21.2 Å². The van der Waals surface area contributed by atoms with E-state index in [4.69, 9.17) is 23.2 Å². The average Bonchev–Trinajstić information content (AvgIpc) is 3.32. The summed E-state index contributed by atoms with van der Waals surface area (Å²) < 4.78 is 15.8. The molecule has 0 spiro atoms. The molecule has 0 saturated heterocycles. The number of aryl methyl sites for hydroxylation is 1. The molecule has 0 fully saturated rings. The van der Waals surface area contributed by atoms with Crippen molar-refractivity contribution >= 4 is 34.8 Å². The summed E-state index contributed by atoms with van der Waals surface area (Å²) in [5.41, 5.74) is 3.95. The molecule has 0 radical (unpaired) electrons. The number of nitrogens with zero attached hydrogens (tertiary/aromatic N) is 3. The Labute approximate surface area is 188 Å². The zero-order valence-electron chi connectivity index (χ0n) is 16.7. The van der Waals surface area contributed by atoms with E-state index in [1.165, 1.54) is 6.07 Å². The number of hydrogen-bond acceptors (Lipinski definition) is 3. The molecule has 2 N–H and O–H groups in total. The normalized spacial score (nSPS) is 11.0. The lowest BCUT2D eigenvalue weighted by Gasteiger charge is -2.09. The topological polar surface area (TPSA) is 75.6 Å². The molecule has 158 valence electrons. The van der Waals surface area contributed by atoms with Crippen molar-refractivity contribution in [2.75, 3.05) is 5.32 Å². The fraction of sp³-hybridized carbons (Fsp3) is 0.136. The number of anilines is 1. The minimum Gasteiger partial charge on any atom is -0.318 e. The van der Waals surface area contributed by atoms with Crippen molar-refractivity contribution in [3.63, 3.8) is 0 Å². The van der Waals surface area contributed by atoms with Gasteiger partial charge in [0.25, 0.3) is 5.91 Å². The number of halogens is 3. The summed E-state index contributed by atoms with van der Waals surface area (Å²) in [7, 11) is 0. The molecule has 1 amide bonds. The lowest BCUT2D eigenvalue weighted by atomic mass is 10.1. The van der Waals surface area contributed by atoms with Crippen LogP contribution >= 0.6 is 23.2 Å². The molecular weight excluding hydrogens is 440 g/mol. The number of hydrogen-bond donors (Lipinski definition) is 2. The number of aromatic nitrogens is 4. The van der Waals surface area contributed by atoms with E-state index >= 15 is 0 Å². The van der Waals surface area contributed by atoms with Gasteiger partial charge in [-0.1, -0.05) is 41.4 Å². The van der Waals surface area contributed by atoms with Gasteiger partial charge >= 0.3 is 0 Å². The number of carbonyl (C=O) groups is 1. The van der Waals surface area contributed by atoms with Gasteiger partial charge in [-0.05, 0) is 44.2 Å². The molecule has 2 aromatic heterocycles. The minimum absolute atomic E-state index is 0.152. The number of rotatable bonds is 5. The van der Waals surface area contributed by atoms with Crippen LogP contribution in [0.25, 0.3) is 11.3 Å². The summed E-state index contributed by atoms with van der Waals surface area (Å²) in [6.45, 7) is 3.73. The third-order valence-corrected chi connectivity index (χ3v) is 5.56. The summed E-state index contributed by atoms with van der Waals surface area (Å²) in [6.07, 6.45) is 0. The van der Waals surface area contributed by atoms with Crippen LogP contribution in [0.2, 0.25) is 10.0 Å². The number of benzene rings is 2. The Bertz CT molecular complexity index is 1240. The second-order valence-electron chi connectivity index (χ2n) is 7.03. The molecule has 2 aromatic carbocycles. The molecule has 0 unspecified atom stereocenters. The summed E-state index contributed by atoms with van der Waals surface area (Å²) in [5, 5.41) is 15.2. The van der Waals surface area contributed by atoms with E-state index in [1.54, 1.807) is 48.9 Å². The highest BCUT2D eigenvalue weighted by molar-refractivity contribution is 6.31. The zero-order valence-corrected chi connectivity index (χ0v) is 18.2. The van der Waals surface area contributed by atoms with Crippen molar-refractivity contribution in [1.29, 1.82) is 0 Å². The monoisotopic (exact) mass is 457 g/mol. The molecule has 2 heterocycles. The van der Waals surface area contributed by atoms with Gasteiger partial charge in [-0.2, -0.15) is 10.2 Å². The molecule has 0 aliphatic rings. The van der Waals surface area contributed by atoms with E-state index < -0.39 is 5.82 Å². The van der Waals surface area contributed by atoms with Crippen LogP contribution in [0.3, 0.4) is 0 Å². The maximum Gasteiger partial charge on any atom is 0.273 e. The largest absolute Gasteiger partial charge is 0.318 e. The smallest absolute Gasteiger partial charge is 0.273 e. The van der Waals surface area contributed by atoms with E-state index in [9.17, 15) is 9.18 Å². The predicted octanol–water partition coefficient (Wildman–Crippen LogP) is 5.64. The van der Waals surface area contributed by atoms with Gasteiger partial charge in [-0.25, -0.2) is 4.39 Å². The van der Waals surface area contributed by atoms with Crippen molar-refractivity contribution < 1.29 is 9.18 Å². The summed E-state index contributed by atoms with van der Waals surface area (Å²) in [6, 6.07) is 13.4. The molecule has 0 bridgehead atoms. The van der Waals surface area contributed by atoms with Crippen LogP contribution in [0.15, 0.2) is 48.5 Å². The van der Waals surface area contributed by atoms with Crippen molar-refractivity contribution in [3.05, 3.63) is 87.0 Å². The number of aromatic amines is 1. The van der Waals surface area contributed by atoms with Gasteiger partial charge in [0.15, 0.2) is 0 Å². The van der Waals surface area contributed by atoms with Crippen molar-refractivity contribution in [2.45, 2.75) is 20.4 Å². The highest BCUT2D eigenvalue weighted by Crippen LogP contribution is 2.25.